The maximum atomic E-state index is 5.10. The van der Waals surface area contributed by atoms with Gasteiger partial charge in [0.15, 0.2) is 5.84 Å². The molecule has 0 saturated heterocycles. The first-order valence-electron chi connectivity index (χ1n) is 9.74. The molecule has 0 radical (unpaired) electrons. The maximum absolute atomic E-state index is 5.10. The number of hydrogen-bond acceptors (Lipinski definition) is 3. The predicted octanol–water partition coefficient (Wildman–Crippen LogP) is 5.21. The van der Waals surface area contributed by atoms with Gasteiger partial charge < -0.3 is 0 Å². The van der Waals surface area contributed by atoms with Crippen LogP contribution in [0.15, 0.2) is 51.3 Å². The van der Waals surface area contributed by atoms with E-state index >= 15 is 0 Å². The molecule has 1 saturated carbocycles. The third-order valence-corrected chi connectivity index (χ3v) is 5.50. The maximum Gasteiger partial charge on any atom is 0.160 e. The van der Waals surface area contributed by atoms with Crippen molar-refractivity contribution in [1.29, 1.82) is 0 Å². The Hall–Kier alpha value is -1.97. The summed E-state index contributed by atoms with van der Waals surface area (Å²) in [6.07, 6.45) is 10.8. The Labute approximate surface area is 158 Å². The number of hydrazone groups is 1. The molecular formula is C22H32N4. The molecule has 0 aromatic rings. The molecule has 1 aliphatic heterocycles. The molecule has 1 heterocycles. The van der Waals surface area contributed by atoms with Gasteiger partial charge in [0.1, 0.15) is 0 Å². The number of amidine groups is 1. The lowest BCUT2D eigenvalue weighted by molar-refractivity contribution is 0.252. The highest BCUT2D eigenvalue weighted by molar-refractivity contribution is 6.28. The monoisotopic (exact) mass is 352 g/mol. The van der Waals surface area contributed by atoms with Crippen molar-refractivity contribution in [3.05, 3.63) is 36.2 Å². The number of aliphatic imine (C=N–C) groups is 2. The first kappa shape index (κ1) is 18.8. The van der Waals surface area contributed by atoms with Crippen LogP contribution in [0.3, 0.4) is 0 Å². The van der Waals surface area contributed by atoms with Crippen LogP contribution in [0.4, 0.5) is 0 Å². The Balaban J connectivity index is 2.14. The summed E-state index contributed by atoms with van der Waals surface area (Å²) in [4.78, 5) is 9.20. The molecule has 0 spiro atoms. The lowest BCUT2D eigenvalue weighted by Gasteiger charge is -2.30. The van der Waals surface area contributed by atoms with Crippen molar-refractivity contribution in [2.75, 3.05) is 0 Å². The van der Waals surface area contributed by atoms with E-state index in [1.54, 1.807) is 6.20 Å². The van der Waals surface area contributed by atoms with Gasteiger partial charge in [0.25, 0.3) is 0 Å². The zero-order valence-electron chi connectivity index (χ0n) is 17.0. The second-order valence-corrected chi connectivity index (χ2v) is 8.73. The van der Waals surface area contributed by atoms with Gasteiger partial charge in [0.2, 0.25) is 0 Å². The summed E-state index contributed by atoms with van der Waals surface area (Å²) in [5.74, 6) is 3.40. The highest BCUT2D eigenvalue weighted by Crippen LogP contribution is 2.52. The van der Waals surface area contributed by atoms with Crippen LogP contribution in [0, 0.1) is 23.7 Å². The van der Waals surface area contributed by atoms with Crippen LogP contribution in [0.5, 0.6) is 0 Å². The average Bonchev–Trinajstić information content (AvgIpc) is 3.20. The minimum Gasteiger partial charge on any atom is -0.265 e. The van der Waals surface area contributed by atoms with Crippen molar-refractivity contribution >= 4 is 17.8 Å². The van der Waals surface area contributed by atoms with Gasteiger partial charge in [0, 0.05) is 24.0 Å². The van der Waals surface area contributed by atoms with Crippen molar-refractivity contribution in [2.45, 2.75) is 59.9 Å². The Morgan fingerprint density at radius 3 is 2.65 bits per heavy atom. The molecule has 0 amide bonds. The molecule has 2 aliphatic carbocycles. The number of hydrogen-bond donors (Lipinski definition) is 0. The number of rotatable bonds is 3. The first-order valence-corrected chi connectivity index (χ1v) is 9.74. The number of nitrogens with zero attached hydrogens (tertiary/aromatic N) is 4. The molecule has 4 atom stereocenters. The summed E-state index contributed by atoms with van der Waals surface area (Å²) in [7, 11) is 0. The SMILES string of the molecule is C=C\N=C1/C(=C(C)/N=C/C)C(C2C=CC(C)CC3CC32)=NN1C(C)(C)C. The summed E-state index contributed by atoms with van der Waals surface area (Å²) in [5.41, 5.74) is 3.02. The molecular weight excluding hydrogens is 320 g/mol. The summed E-state index contributed by atoms with van der Waals surface area (Å²) < 4.78 is 0. The van der Waals surface area contributed by atoms with Crippen LogP contribution in [0.1, 0.15) is 54.4 Å². The van der Waals surface area contributed by atoms with Crippen LogP contribution < -0.4 is 0 Å². The largest absolute Gasteiger partial charge is 0.265 e. The average molecular weight is 353 g/mol. The molecule has 26 heavy (non-hydrogen) atoms. The zero-order valence-corrected chi connectivity index (χ0v) is 17.0. The summed E-state index contributed by atoms with van der Waals surface area (Å²) in [6, 6.07) is 0. The molecule has 4 unspecified atom stereocenters. The highest BCUT2D eigenvalue weighted by Gasteiger charge is 2.49. The Morgan fingerprint density at radius 1 is 1.31 bits per heavy atom. The molecule has 4 heteroatoms. The van der Waals surface area contributed by atoms with Crippen molar-refractivity contribution in [3.63, 3.8) is 0 Å². The number of fused-ring (bicyclic) bond motifs is 1. The molecule has 4 nitrogen and oxygen atoms in total. The molecule has 3 aliphatic rings. The van der Waals surface area contributed by atoms with E-state index in [1.807, 2.05) is 18.1 Å². The molecule has 1 fully saturated rings. The fourth-order valence-electron chi connectivity index (χ4n) is 4.22. The van der Waals surface area contributed by atoms with Crippen LogP contribution >= 0.6 is 0 Å². The van der Waals surface area contributed by atoms with E-state index in [4.69, 9.17) is 5.10 Å². The normalized spacial score (nSPS) is 34.8. The predicted molar refractivity (Wildman–Crippen MR) is 112 cm³/mol. The summed E-state index contributed by atoms with van der Waals surface area (Å²) >= 11 is 0. The molecule has 3 rings (SSSR count). The van der Waals surface area contributed by atoms with Gasteiger partial charge in [-0.25, -0.2) is 10.0 Å². The van der Waals surface area contributed by atoms with E-state index in [0.29, 0.717) is 17.8 Å². The minimum atomic E-state index is -0.157. The van der Waals surface area contributed by atoms with Crippen molar-refractivity contribution in [1.82, 2.24) is 5.01 Å². The third-order valence-electron chi connectivity index (χ3n) is 5.50. The quantitative estimate of drug-likeness (QED) is 0.507. The second kappa shape index (κ2) is 6.98. The van der Waals surface area contributed by atoms with E-state index in [0.717, 1.165) is 28.7 Å². The van der Waals surface area contributed by atoms with E-state index in [1.165, 1.54) is 12.8 Å². The van der Waals surface area contributed by atoms with Crippen LogP contribution in [-0.4, -0.2) is 28.3 Å². The standard InChI is InChI=1S/C22H32N4/c1-8-23-15(4)19-20(17-11-10-14(3)12-16-13-18(16)17)25-26(22(5,6)7)21(19)24-9-2/h8-11,14,16-18H,2,12-13H2,1,3-7H3/b19-15+,23-8+,24-21+. The van der Waals surface area contributed by atoms with E-state index < -0.39 is 0 Å². The molecule has 0 N–H and O–H groups in total. The van der Waals surface area contributed by atoms with Crippen LogP contribution in [0.25, 0.3) is 0 Å². The smallest absolute Gasteiger partial charge is 0.160 e. The van der Waals surface area contributed by atoms with Gasteiger partial charge in [-0.15, -0.1) is 0 Å². The van der Waals surface area contributed by atoms with Crippen LogP contribution in [0.2, 0.25) is 0 Å². The lowest BCUT2D eigenvalue weighted by Crippen LogP contribution is -2.39. The third kappa shape index (κ3) is 3.46. The molecule has 0 aromatic heterocycles. The van der Waals surface area contributed by atoms with Crippen LogP contribution in [-0.2, 0) is 0 Å². The van der Waals surface area contributed by atoms with Gasteiger partial charge in [0.05, 0.1) is 16.8 Å². The van der Waals surface area contributed by atoms with E-state index in [9.17, 15) is 0 Å². The second-order valence-electron chi connectivity index (χ2n) is 8.73. The van der Waals surface area contributed by atoms with Gasteiger partial charge in [-0.05, 0) is 65.2 Å². The molecule has 140 valence electrons. The Kier molecular flexibility index (Phi) is 5.05. The minimum absolute atomic E-state index is 0.157. The van der Waals surface area contributed by atoms with Gasteiger partial charge in [-0.1, -0.05) is 25.7 Å². The first-order chi connectivity index (χ1) is 12.3. The van der Waals surface area contributed by atoms with Crippen molar-refractivity contribution in [2.24, 2.45) is 38.8 Å². The fourth-order valence-corrected chi connectivity index (χ4v) is 4.22. The van der Waals surface area contributed by atoms with Crippen molar-refractivity contribution in [3.8, 4) is 0 Å². The Bertz CT molecular complexity index is 730. The molecule has 0 aromatic carbocycles. The van der Waals surface area contributed by atoms with E-state index in [2.05, 4.69) is 63.3 Å². The van der Waals surface area contributed by atoms with Gasteiger partial charge in [-0.3, -0.25) is 4.99 Å². The summed E-state index contributed by atoms with van der Waals surface area (Å²) in [6.45, 7) is 16.7. The molecule has 0 bridgehead atoms. The van der Waals surface area contributed by atoms with E-state index in [-0.39, 0.29) is 5.54 Å². The Morgan fingerprint density at radius 2 is 2.04 bits per heavy atom. The van der Waals surface area contributed by atoms with Crippen molar-refractivity contribution < 1.29 is 0 Å². The lowest BCUT2D eigenvalue weighted by atomic mass is 9.90. The summed E-state index contributed by atoms with van der Waals surface area (Å²) in [5, 5.41) is 7.15. The zero-order chi connectivity index (χ0) is 19.1. The number of allylic oxidation sites excluding steroid dienone is 3. The van der Waals surface area contributed by atoms with Gasteiger partial charge in [-0.2, -0.15) is 5.10 Å². The van der Waals surface area contributed by atoms with Gasteiger partial charge >= 0.3 is 0 Å². The fraction of sp³-hybridized carbons (Fsp3) is 0.591. The highest BCUT2D eigenvalue weighted by atomic mass is 15.5. The topological polar surface area (TPSA) is 40.3 Å².